The van der Waals surface area contributed by atoms with Gasteiger partial charge in [-0.3, -0.25) is 9.10 Å². The van der Waals surface area contributed by atoms with Crippen molar-refractivity contribution in [3.8, 4) is 0 Å². The molecule has 4 rings (SSSR count). The largest absolute Gasteiger partial charge is 0.325 e. The summed E-state index contributed by atoms with van der Waals surface area (Å²) in [5, 5.41) is 2.88. The van der Waals surface area contributed by atoms with Crippen molar-refractivity contribution in [3.63, 3.8) is 0 Å². The van der Waals surface area contributed by atoms with Gasteiger partial charge in [0.1, 0.15) is 5.82 Å². The van der Waals surface area contributed by atoms with E-state index in [0.29, 0.717) is 42.7 Å². The van der Waals surface area contributed by atoms with Gasteiger partial charge < -0.3 is 5.32 Å². The van der Waals surface area contributed by atoms with Crippen LogP contribution in [0.25, 0.3) is 0 Å². The van der Waals surface area contributed by atoms with Crippen molar-refractivity contribution in [2.24, 2.45) is 0 Å². The molecule has 7 heteroatoms. The minimum atomic E-state index is -3.25. The van der Waals surface area contributed by atoms with Gasteiger partial charge in [0, 0.05) is 17.8 Å². The highest BCUT2D eigenvalue weighted by molar-refractivity contribution is 7.93. The number of amides is 1. The molecule has 1 saturated carbocycles. The first-order valence-electron chi connectivity index (χ1n) is 9.01. The summed E-state index contributed by atoms with van der Waals surface area (Å²) in [7, 11) is -3.25. The average molecular weight is 388 g/mol. The fraction of sp³-hybridized carbons (Fsp3) is 0.350. The molecule has 0 spiro atoms. The molecule has 1 amide bonds. The van der Waals surface area contributed by atoms with Crippen LogP contribution in [0.2, 0.25) is 0 Å². The van der Waals surface area contributed by atoms with Gasteiger partial charge in [-0.15, -0.1) is 0 Å². The van der Waals surface area contributed by atoms with Gasteiger partial charge in [-0.1, -0.05) is 18.2 Å². The number of sulfonamides is 1. The van der Waals surface area contributed by atoms with Gasteiger partial charge in [0.15, 0.2) is 0 Å². The first-order chi connectivity index (χ1) is 12.8. The van der Waals surface area contributed by atoms with Crippen molar-refractivity contribution in [3.05, 3.63) is 59.4 Å². The molecule has 1 saturated heterocycles. The Morgan fingerprint density at radius 3 is 2.52 bits per heavy atom. The number of carbonyl (C=O) groups excluding carboxylic acids is 1. The van der Waals surface area contributed by atoms with E-state index in [1.807, 2.05) is 6.92 Å². The maximum absolute atomic E-state index is 14.1. The highest BCUT2D eigenvalue weighted by atomic mass is 32.2. The normalized spacial score (nSPS) is 19.7. The molecule has 2 aromatic carbocycles. The summed E-state index contributed by atoms with van der Waals surface area (Å²) in [4.78, 5) is 12.8. The minimum Gasteiger partial charge on any atom is -0.325 e. The zero-order valence-electron chi connectivity index (χ0n) is 15.0. The maximum Gasteiger partial charge on any atom is 0.235 e. The van der Waals surface area contributed by atoms with Crippen LogP contribution in [-0.4, -0.2) is 26.6 Å². The number of hydrogen-bond donors (Lipinski definition) is 1. The monoisotopic (exact) mass is 388 g/mol. The van der Waals surface area contributed by atoms with Gasteiger partial charge in [-0.05, 0) is 56.0 Å². The van der Waals surface area contributed by atoms with Crippen LogP contribution < -0.4 is 9.62 Å². The molecule has 2 fully saturated rings. The molecular weight excluding hydrogens is 367 g/mol. The summed E-state index contributed by atoms with van der Waals surface area (Å²) in [6.45, 7) is 2.30. The third-order valence-electron chi connectivity index (χ3n) is 5.40. The van der Waals surface area contributed by atoms with Crippen molar-refractivity contribution in [1.29, 1.82) is 0 Å². The predicted molar refractivity (Wildman–Crippen MR) is 103 cm³/mol. The van der Waals surface area contributed by atoms with Crippen LogP contribution in [0.3, 0.4) is 0 Å². The van der Waals surface area contributed by atoms with E-state index in [2.05, 4.69) is 5.32 Å². The zero-order chi connectivity index (χ0) is 19.2. The molecule has 2 aliphatic rings. The standard InChI is InChI=1S/C20H21FN2O3S/c1-14-13-15(7-8-18(14)23-11-4-12-27(23,25)26)22-19(24)20(9-10-20)16-5-2-3-6-17(16)21/h2-3,5-8,13H,4,9-12H2,1H3,(H,22,24). The Morgan fingerprint density at radius 2 is 1.93 bits per heavy atom. The number of benzene rings is 2. The smallest absolute Gasteiger partial charge is 0.235 e. The Hall–Kier alpha value is -2.41. The fourth-order valence-corrected chi connectivity index (χ4v) is 5.39. The van der Waals surface area contributed by atoms with Gasteiger partial charge in [0.2, 0.25) is 15.9 Å². The van der Waals surface area contributed by atoms with Gasteiger partial charge in [-0.25, -0.2) is 12.8 Å². The second-order valence-electron chi connectivity index (χ2n) is 7.26. The molecule has 2 aromatic rings. The van der Waals surface area contributed by atoms with Crippen LogP contribution in [-0.2, 0) is 20.2 Å². The molecule has 0 atom stereocenters. The first-order valence-corrected chi connectivity index (χ1v) is 10.6. The number of aryl methyl sites for hydroxylation is 1. The molecule has 1 heterocycles. The molecule has 1 aliphatic carbocycles. The summed E-state index contributed by atoms with van der Waals surface area (Å²) >= 11 is 0. The van der Waals surface area contributed by atoms with Crippen LogP contribution in [0.1, 0.15) is 30.4 Å². The van der Waals surface area contributed by atoms with E-state index in [-0.39, 0.29) is 17.5 Å². The molecule has 1 N–H and O–H groups in total. The van der Waals surface area contributed by atoms with E-state index in [0.717, 1.165) is 5.56 Å². The average Bonchev–Trinajstić information content (AvgIpc) is 3.34. The quantitative estimate of drug-likeness (QED) is 0.874. The summed E-state index contributed by atoms with van der Waals surface area (Å²) in [5.74, 6) is -0.430. The van der Waals surface area contributed by atoms with Crippen molar-refractivity contribution < 1.29 is 17.6 Å². The van der Waals surface area contributed by atoms with Crippen LogP contribution in [0, 0.1) is 12.7 Å². The lowest BCUT2D eigenvalue weighted by Crippen LogP contribution is -2.29. The topological polar surface area (TPSA) is 66.5 Å². The number of carbonyl (C=O) groups is 1. The number of nitrogens with one attached hydrogen (secondary N) is 1. The molecule has 0 radical (unpaired) electrons. The van der Waals surface area contributed by atoms with Gasteiger partial charge in [-0.2, -0.15) is 0 Å². The molecule has 1 aliphatic heterocycles. The Bertz CT molecular complexity index is 1020. The molecule has 0 aromatic heterocycles. The van der Waals surface area contributed by atoms with E-state index in [1.165, 1.54) is 10.4 Å². The summed E-state index contributed by atoms with van der Waals surface area (Å²) < 4.78 is 39.8. The third kappa shape index (κ3) is 3.10. The fourth-order valence-electron chi connectivity index (χ4n) is 3.77. The number of anilines is 2. The molecule has 5 nitrogen and oxygen atoms in total. The first kappa shape index (κ1) is 18.0. The molecular formula is C20H21FN2O3S. The highest BCUT2D eigenvalue weighted by Gasteiger charge is 2.52. The molecule has 0 bridgehead atoms. The van der Waals surface area contributed by atoms with Crippen LogP contribution in [0.5, 0.6) is 0 Å². The van der Waals surface area contributed by atoms with E-state index >= 15 is 0 Å². The zero-order valence-corrected chi connectivity index (χ0v) is 15.9. The molecule has 142 valence electrons. The Morgan fingerprint density at radius 1 is 1.19 bits per heavy atom. The number of rotatable bonds is 4. The summed E-state index contributed by atoms with van der Waals surface area (Å²) in [6.07, 6.45) is 1.84. The number of halogens is 1. The third-order valence-corrected chi connectivity index (χ3v) is 7.25. The maximum atomic E-state index is 14.1. The van der Waals surface area contributed by atoms with Crippen molar-refractivity contribution in [1.82, 2.24) is 0 Å². The van der Waals surface area contributed by atoms with Crippen LogP contribution >= 0.6 is 0 Å². The van der Waals surface area contributed by atoms with Gasteiger partial charge >= 0.3 is 0 Å². The lowest BCUT2D eigenvalue weighted by molar-refractivity contribution is -0.118. The van der Waals surface area contributed by atoms with Crippen LogP contribution in [0.4, 0.5) is 15.8 Å². The second kappa shape index (κ2) is 6.34. The lowest BCUT2D eigenvalue weighted by Gasteiger charge is -2.21. The summed E-state index contributed by atoms with van der Waals surface area (Å²) in [5.41, 5.74) is 1.62. The van der Waals surface area contributed by atoms with E-state index in [9.17, 15) is 17.6 Å². The van der Waals surface area contributed by atoms with Crippen molar-refractivity contribution in [2.75, 3.05) is 21.9 Å². The van der Waals surface area contributed by atoms with Gasteiger partial charge in [0.25, 0.3) is 0 Å². The minimum absolute atomic E-state index is 0.163. The van der Waals surface area contributed by atoms with Gasteiger partial charge in [0.05, 0.1) is 16.9 Å². The second-order valence-corrected chi connectivity index (χ2v) is 9.27. The number of nitrogens with zero attached hydrogens (tertiary/aromatic N) is 1. The lowest BCUT2D eigenvalue weighted by atomic mass is 9.94. The Labute approximate surface area is 158 Å². The molecule has 0 unspecified atom stereocenters. The predicted octanol–water partition coefficient (Wildman–Crippen LogP) is 3.34. The van der Waals surface area contributed by atoms with Crippen molar-refractivity contribution in [2.45, 2.75) is 31.6 Å². The Kier molecular flexibility index (Phi) is 4.22. The number of hydrogen-bond acceptors (Lipinski definition) is 3. The van der Waals surface area contributed by atoms with Crippen molar-refractivity contribution >= 4 is 27.3 Å². The van der Waals surface area contributed by atoms with Crippen LogP contribution in [0.15, 0.2) is 42.5 Å². The van der Waals surface area contributed by atoms with E-state index < -0.39 is 15.4 Å². The highest BCUT2D eigenvalue weighted by Crippen LogP contribution is 2.49. The summed E-state index contributed by atoms with van der Waals surface area (Å²) in [6, 6.07) is 11.6. The van der Waals surface area contributed by atoms with E-state index in [4.69, 9.17) is 0 Å². The Balaban J connectivity index is 1.56. The SMILES string of the molecule is Cc1cc(NC(=O)C2(c3ccccc3F)CC2)ccc1N1CCCS1(=O)=O. The molecule has 27 heavy (non-hydrogen) atoms. The van der Waals surface area contributed by atoms with E-state index in [1.54, 1.807) is 36.4 Å².